The molecular formula is C22H22N4O4. The molecule has 1 aromatic heterocycles. The number of H-pyrrole nitrogens is 1. The molecular weight excluding hydrogens is 384 g/mol. The van der Waals surface area contributed by atoms with E-state index in [2.05, 4.69) is 15.6 Å². The number of anilines is 1. The van der Waals surface area contributed by atoms with Crippen molar-refractivity contribution in [2.75, 3.05) is 5.32 Å². The lowest BCUT2D eigenvalue weighted by molar-refractivity contribution is -0.384. The SMILES string of the molecule is Cc1cc(C)c(CNC(=O)c2ccc(NCc3ccccc3)c([N+](=O)[O-])c2)c(=O)[nH]1. The Kier molecular flexibility index (Phi) is 6.26. The number of aryl methyl sites for hydroxylation is 2. The number of aromatic nitrogens is 1. The highest BCUT2D eigenvalue weighted by molar-refractivity contribution is 5.95. The van der Waals surface area contributed by atoms with Crippen molar-refractivity contribution in [3.05, 3.63) is 103 Å². The zero-order valence-corrected chi connectivity index (χ0v) is 16.7. The summed E-state index contributed by atoms with van der Waals surface area (Å²) >= 11 is 0. The molecule has 3 N–H and O–H groups in total. The molecule has 154 valence electrons. The zero-order chi connectivity index (χ0) is 21.7. The van der Waals surface area contributed by atoms with Gasteiger partial charge in [0.05, 0.1) is 4.92 Å². The molecule has 0 saturated heterocycles. The van der Waals surface area contributed by atoms with Crippen LogP contribution in [-0.4, -0.2) is 15.8 Å². The van der Waals surface area contributed by atoms with Crippen molar-refractivity contribution >= 4 is 17.3 Å². The monoisotopic (exact) mass is 406 g/mol. The molecule has 30 heavy (non-hydrogen) atoms. The van der Waals surface area contributed by atoms with Crippen molar-refractivity contribution in [3.8, 4) is 0 Å². The molecule has 1 heterocycles. The molecule has 0 aliphatic carbocycles. The molecule has 8 heteroatoms. The number of carbonyl (C=O) groups excluding carboxylic acids is 1. The smallest absolute Gasteiger partial charge is 0.293 e. The highest BCUT2D eigenvalue weighted by atomic mass is 16.6. The van der Waals surface area contributed by atoms with Gasteiger partial charge < -0.3 is 15.6 Å². The van der Waals surface area contributed by atoms with Gasteiger partial charge in [-0.3, -0.25) is 19.7 Å². The first-order chi connectivity index (χ1) is 14.3. The van der Waals surface area contributed by atoms with Crippen LogP contribution >= 0.6 is 0 Å². The van der Waals surface area contributed by atoms with Crippen LogP contribution in [0.3, 0.4) is 0 Å². The van der Waals surface area contributed by atoms with Crippen LogP contribution < -0.4 is 16.2 Å². The Morgan fingerprint density at radius 3 is 2.47 bits per heavy atom. The average Bonchev–Trinajstić information content (AvgIpc) is 2.71. The lowest BCUT2D eigenvalue weighted by Crippen LogP contribution is -2.28. The molecule has 0 aliphatic heterocycles. The maximum Gasteiger partial charge on any atom is 0.293 e. The van der Waals surface area contributed by atoms with Crippen LogP contribution in [0.15, 0.2) is 59.4 Å². The predicted octanol–water partition coefficient (Wildman–Crippen LogP) is 3.44. The first kappa shape index (κ1) is 20.8. The fourth-order valence-electron chi connectivity index (χ4n) is 3.14. The van der Waals surface area contributed by atoms with E-state index in [0.717, 1.165) is 16.8 Å². The number of nitro benzene ring substituents is 1. The Morgan fingerprint density at radius 1 is 1.07 bits per heavy atom. The molecule has 0 fully saturated rings. The second kappa shape index (κ2) is 9.04. The van der Waals surface area contributed by atoms with Gasteiger partial charge in [0.25, 0.3) is 17.2 Å². The Morgan fingerprint density at radius 2 is 1.80 bits per heavy atom. The van der Waals surface area contributed by atoms with Gasteiger partial charge in [-0.1, -0.05) is 30.3 Å². The number of pyridine rings is 1. The van der Waals surface area contributed by atoms with Gasteiger partial charge in [0.1, 0.15) is 5.69 Å². The third kappa shape index (κ3) is 4.91. The van der Waals surface area contributed by atoms with Crippen molar-refractivity contribution in [1.82, 2.24) is 10.3 Å². The number of amides is 1. The molecule has 0 bridgehead atoms. The van der Waals surface area contributed by atoms with Crippen LogP contribution in [-0.2, 0) is 13.1 Å². The van der Waals surface area contributed by atoms with Crippen LogP contribution in [0.2, 0.25) is 0 Å². The predicted molar refractivity (Wildman–Crippen MR) is 115 cm³/mol. The van der Waals surface area contributed by atoms with Gasteiger partial charge in [0.15, 0.2) is 0 Å². The van der Waals surface area contributed by atoms with E-state index in [9.17, 15) is 19.7 Å². The van der Waals surface area contributed by atoms with E-state index < -0.39 is 10.8 Å². The quantitative estimate of drug-likeness (QED) is 0.410. The van der Waals surface area contributed by atoms with Gasteiger partial charge in [-0.2, -0.15) is 0 Å². The van der Waals surface area contributed by atoms with Crippen LogP contribution in [0.4, 0.5) is 11.4 Å². The number of rotatable bonds is 7. The van der Waals surface area contributed by atoms with E-state index in [0.29, 0.717) is 17.8 Å². The van der Waals surface area contributed by atoms with E-state index in [1.807, 2.05) is 36.4 Å². The molecule has 0 saturated carbocycles. The zero-order valence-electron chi connectivity index (χ0n) is 16.7. The normalized spacial score (nSPS) is 10.5. The number of benzene rings is 2. The van der Waals surface area contributed by atoms with Gasteiger partial charge in [-0.25, -0.2) is 0 Å². The maximum absolute atomic E-state index is 12.5. The number of aromatic amines is 1. The highest BCUT2D eigenvalue weighted by Crippen LogP contribution is 2.26. The third-order valence-electron chi connectivity index (χ3n) is 4.70. The Labute approximate surface area is 173 Å². The minimum absolute atomic E-state index is 0.0298. The van der Waals surface area contributed by atoms with E-state index in [-0.39, 0.29) is 23.4 Å². The number of nitrogens with one attached hydrogen (secondary N) is 3. The van der Waals surface area contributed by atoms with E-state index >= 15 is 0 Å². The summed E-state index contributed by atoms with van der Waals surface area (Å²) < 4.78 is 0. The van der Waals surface area contributed by atoms with Crippen molar-refractivity contribution in [2.45, 2.75) is 26.9 Å². The second-order valence-electron chi connectivity index (χ2n) is 6.95. The first-order valence-corrected chi connectivity index (χ1v) is 9.39. The maximum atomic E-state index is 12.5. The molecule has 0 unspecified atom stereocenters. The van der Waals surface area contributed by atoms with Gasteiger partial charge in [-0.15, -0.1) is 0 Å². The standard InChI is InChI=1S/C22H22N4O4/c1-14-10-15(2)25-22(28)18(14)13-24-21(27)17-8-9-19(20(11-17)26(29)30)23-12-16-6-4-3-5-7-16/h3-11,23H,12-13H2,1-2H3,(H,24,27)(H,25,28). The minimum atomic E-state index is -0.529. The van der Waals surface area contributed by atoms with Crippen molar-refractivity contribution in [3.63, 3.8) is 0 Å². The second-order valence-corrected chi connectivity index (χ2v) is 6.95. The van der Waals surface area contributed by atoms with Crippen molar-refractivity contribution < 1.29 is 9.72 Å². The van der Waals surface area contributed by atoms with Gasteiger partial charge >= 0.3 is 0 Å². The van der Waals surface area contributed by atoms with Crippen LogP contribution in [0, 0.1) is 24.0 Å². The summed E-state index contributed by atoms with van der Waals surface area (Å²) in [5.74, 6) is -0.493. The van der Waals surface area contributed by atoms with E-state index in [4.69, 9.17) is 0 Å². The molecule has 2 aromatic carbocycles. The molecule has 0 spiro atoms. The molecule has 0 atom stereocenters. The number of carbonyl (C=O) groups is 1. The number of hydrogen-bond donors (Lipinski definition) is 3. The summed E-state index contributed by atoms with van der Waals surface area (Å²) in [6, 6.07) is 15.6. The fourth-order valence-corrected chi connectivity index (χ4v) is 3.14. The number of nitrogens with zero attached hydrogens (tertiary/aromatic N) is 1. The Bertz CT molecular complexity index is 1140. The number of hydrogen-bond acceptors (Lipinski definition) is 5. The molecule has 3 aromatic rings. The minimum Gasteiger partial charge on any atom is -0.375 e. The van der Waals surface area contributed by atoms with E-state index in [1.165, 1.54) is 18.2 Å². The van der Waals surface area contributed by atoms with E-state index in [1.54, 1.807) is 13.8 Å². The molecule has 1 amide bonds. The molecule has 0 aliphatic rings. The summed E-state index contributed by atoms with van der Waals surface area (Å²) in [7, 11) is 0. The molecule has 0 radical (unpaired) electrons. The summed E-state index contributed by atoms with van der Waals surface area (Å²) in [6.07, 6.45) is 0. The summed E-state index contributed by atoms with van der Waals surface area (Å²) in [5.41, 5.74) is 2.95. The van der Waals surface area contributed by atoms with Crippen LogP contribution in [0.5, 0.6) is 0 Å². The van der Waals surface area contributed by atoms with Gasteiger partial charge in [-0.05, 0) is 43.2 Å². The van der Waals surface area contributed by atoms with Crippen molar-refractivity contribution in [1.29, 1.82) is 0 Å². The van der Waals surface area contributed by atoms with Crippen molar-refractivity contribution in [2.24, 2.45) is 0 Å². The molecule has 3 rings (SSSR count). The lowest BCUT2D eigenvalue weighted by atomic mass is 10.1. The Balaban J connectivity index is 1.74. The summed E-state index contributed by atoms with van der Waals surface area (Å²) in [6.45, 7) is 4.02. The van der Waals surface area contributed by atoms with Crippen LogP contribution in [0.1, 0.15) is 32.7 Å². The lowest BCUT2D eigenvalue weighted by Gasteiger charge is -2.10. The summed E-state index contributed by atoms with van der Waals surface area (Å²) in [5, 5.41) is 17.2. The topological polar surface area (TPSA) is 117 Å². The molecule has 8 nitrogen and oxygen atoms in total. The first-order valence-electron chi connectivity index (χ1n) is 9.39. The highest BCUT2D eigenvalue weighted by Gasteiger charge is 2.18. The van der Waals surface area contributed by atoms with Gasteiger partial charge in [0, 0.05) is 36.0 Å². The fraction of sp³-hybridized carbons (Fsp3) is 0.182. The third-order valence-corrected chi connectivity index (χ3v) is 4.70. The average molecular weight is 406 g/mol. The van der Waals surface area contributed by atoms with Crippen LogP contribution in [0.25, 0.3) is 0 Å². The Hall–Kier alpha value is -3.94. The largest absolute Gasteiger partial charge is 0.375 e. The van der Waals surface area contributed by atoms with Gasteiger partial charge in [0.2, 0.25) is 0 Å². The number of nitro groups is 1. The summed E-state index contributed by atoms with van der Waals surface area (Å²) in [4.78, 5) is 38.3.